The largest absolute Gasteiger partial charge is 0.396 e. The third kappa shape index (κ3) is 3.07. The molecule has 2 fully saturated rings. The number of nitrogens with zero attached hydrogens (tertiary/aromatic N) is 8. The van der Waals surface area contributed by atoms with Gasteiger partial charge in [-0.05, 0) is 42.9 Å². The molecule has 2 aromatic carbocycles. The van der Waals surface area contributed by atoms with Gasteiger partial charge in [0.2, 0.25) is 7.51 Å². The van der Waals surface area contributed by atoms with Gasteiger partial charge in [0.1, 0.15) is 0 Å². The lowest BCUT2D eigenvalue weighted by Crippen LogP contribution is -2.40. The van der Waals surface area contributed by atoms with E-state index in [-0.39, 0.29) is 0 Å². The average molecular weight is 505 g/mol. The smallest absolute Gasteiger partial charge is 0.242 e. The van der Waals surface area contributed by atoms with Crippen LogP contribution in [0, 0.1) is 0 Å². The molecule has 2 aromatic rings. The number of benzene rings is 2. The molecule has 4 aliphatic rings. The van der Waals surface area contributed by atoms with Gasteiger partial charge in [-0.1, -0.05) is 36.4 Å². The Morgan fingerprint density at radius 3 is 1.85 bits per heavy atom. The van der Waals surface area contributed by atoms with E-state index in [1.165, 1.54) is 0 Å². The van der Waals surface area contributed by atoms with E-state index in [1.54, 1.807) is 0 Å². The van der Waals surface area contributed by atoms with Gasteiger partial charge in [0.25, 0.3) is 7.51 Å². The minimum Gasteiger partial charge on any atom is -0.242 e. The van der Waals surface area contributed by atoms with Crippen LogP contribution in [0.25, 0.3) is 0 Å². The van der Waals surface area contributed by atoms with Crippen LogP contribution in [0.15, 0.2) is 69.7 Å². The van der Waals surface area contributed by atoms with Gasteiger partial charge in [-0.15, -0.1) is 19.3 Å². The Balaban J connectivity index is 1.56. The van der Waals surface area contributed by atoms with Gasteiger partial charge in [0, 0.05) is 27.2 Å². The van der Waals surface area contributed by atoms with Crippen LogP contribution in [0.5, 0.6) is 0 Å². The Morgan fingerprint density at radius 2 is 1.27 bits per heavy atom. The summed E-state index contributed by atoms with van der Waals surface area (Å²) >= 11 is 0. The molecule has 1 unspecified atom stereocenters. The lowest BCUT2D eigenvalue weighted by Gasteiger charge is -2.36. The lowest BCUT2D eigenvalue weighted by molar-refractivity contribution is 0.553. The molecule has 2 saturated heterocycles. The number of para-hydroxylation sites is 2. The molecule has 10 nitrogen and oxygen atoms in total. The molecule has 176 valence electrons. The zero-order valence-corrected chi connectivity index (χ0v) is 22.2. The highest BCUT2D eigenvalue weighted by Gasteiger charge is 2.68. The maximum absolute atomic E-state index is 5.68. The van der Waals surface area contributed by atoms with Crippen molar-refractivity contribution < 1.29 is 0 Å². The van der Waals surface area contributed by atoms with Crippen LogP contribution in [0.3, 0.4) is 0 Å². The van der Waals surface area contributed by atoms with Crippen LogP contribution in [0.4, 0.5) is 11.4 Å². The number of likely N-dealkylation sites (N-methyl/N-ethyl adjacent to an activating group) is 4. The first-order chi connectivity index (χ1) is 15.9. The van der Waals surface area contributed by atoms with Crippen molar-refractivity contribution in [3.63, 3.8) is 0 Å². The van der Waals surface area contributed by atoms with Crippen molar-refractivity contribution in [1.29, 1.82) is 0 Å². The van der Waals surface area contributed by atoms with Gasteiger partial charge in [0.15, 0.2) is 0 Å². The van der Waals surface area contributed by atoms with Gasteiger partial charge in [-0.2, -0.15) is 9.71 Å². The quantitative estimate of drug-likeness (QED) is 0.584. The summed E-state index contributed by atoms with van der Waals surface area (Å²) in [5.41, 5.74) is 2.26. The molecule has 33 heavy (non-hydrogen) atoms. The van der Waals surface area contributed by atoms with Crippen molar-refractivity contribution in [2.24, 2.45) is 9.03 Å². The molecule has 13 heteroatoms. The fourth-order valence-corrected chi connectivity index (χ4v) is 18.8. The summed E-state index contributed by atoms with van der Waals surface area (Å²) < 4.78 is 25.7. The van der Waals surface area contributed by atoms with Crippen LogP contribution in [-0.4, -0.2) is 73.1 Å². The number of nitrogens with one attached hydrogen (secondary N) is 2. The number of hydrogen-bond acceptors (Lipinski definition) is 10. The second kappa shape index (κ2) is 7.85. The molecule has 4 aliphatic heterocycles. The van der Waals surface area contributed by atoms with Crippen molar-refractivity contribution >= 4 is 34.3 Å². The normalized spacial score (nSPS) is 29.6. The molecule has 0 aliphatic carbocycles. The maximum Gasteiger partial charge on any atom is 0.396 e. The third-order valence-electron chi connectivity index (χ3n) is 6.83. The van der Waals surface area contributed by atoms with E-state index in [0.29, 0.717) is 0 Å². The van der Waals surface area contributed by atoms with E-state index in [2.05, 4.69) is 127 Å². The van der Waals surface area contributed by atoms with E-state index in [4.69, 9.17) is 9.03 Å². The molecule has 1 atom stereocenters. The number of hydrazine groups is 2. The summed E-state index contributed by atoms with van der Waals surface area (Å²) in [6, 6.07) is 21.1. The standard InChI is InChI=1S/C20H32N10P3/c1-25-15-16-26(2)32(25)23-31(21-29(32)19-11-7-5-8-12-19)22-30(20-13-9-6-10-14-20)33(24-31)27(3)17-18-28(33)4/h5-14,21-22H,15-18H2,1-4H3/q+1. The van der Waals surface area contributed by atoms with Crippen LogP contribution < -0.4 is 20.0 Å². The van der Waals surface area contributed by atoms with Crippen LogP contribution >= 0.6 is 22.9 Å². The van der Waals surface area contributed by atoms with E-state index in [9.17, 15) is 0 Å². The summed E-state index contributed by atoms with van der Waals surface area (Å²) in [7, 11) is 1.95. The summed E-state index contributed by atoms with van der Waals surface area (Å²) in [6.45, 7) is 3.95. The predicted molar refractivity (Wildman–Crippen MR) is 140 cm³/mol. The number of hydrogen-bond donors (Lipinski definition) is 2. The number of anilines is 2. The molecule has 0 amide bonds. The second-order valence-corrected chi connectivity index (χ2v) is 17.6. The SMILES string of the molecule is CN1CCN(C)P12=NP1(=N[P+]3(N(C)CCN3C)N(c3ccccc3)N1)NN2c1ccccc1. The van der Waals surface area contributed by atoms with Gasteiger partial charge < -0.3 is 0 Å². The Bertz CT molecular complexity index is 1130. The van der Waals surface area contributed by atoms with E-state index in [1.807, 2.05) is 0 Å². The molecule has 0 bridgehead atoms. The molecule has 2 N–H and O–H groups in total. The summed E-state index contributed by atoms with van der Waals surface area (Å²) in [4.78, 5) is 0. The van der Waals surface area contributed by atoms with Crippen molar-refractivity contribution in [2.45, 2.75) is 0 Å². The summed E-state index contributed by atoms with van der Waals surface area (Å²) in [5.74, 6) is 0. The summed E-state index contributed by atoms with van der Waals surface area (Å²) in [5, 5.41) is 7.73. The molecule has 0 radical (unpaired) electrons. The molecular weight excluding hydrogens is 473 g/mol. The highest BCUT2D eigenvalue weighted by atomic mass is 31.3. The Hall–Kier alpha value is -1.31. The van der Waals surface area contributed by atoms with Crippen molar-refractivity contribution in [3.8, 4) is 0 Å². The minimum absolute atomic E-state index is 0.987. The molecule has 0 saturated carbocycles. The zero-order valence-electron chi connectivity index (χ0n) is 19.5. The first-order valence-corrected chi connectivity index (χ1v) is 16.1. The Labute approximate surface area is 197 Å². The van der Waals surface area contributed by atoms with Crippen molar-refractivity contribution in [2.75, 3.05) is 63.9 Å². The topological polar surface area (TPSA) is 68.2 Å². The lowest BCUT2D eigenvalue weighted by atomic mass is 10.3. The fraction of sp³-hybridized carbons (Fsp3) is 0.400. The summed E-state index contributed by atoms with van der Waals surface area (Å²) in [6.07, 6.45) is 0. The second-order valence-electron chi connectivity index (χ2n) is 8.87. The van der Waals surface area contributed by atoms with E-state index >= 15 is 0 Å². The predicted octanol–water partition coefficient (Wildman–Crippen LogP) is 4.36. The Kier molecular flexibility index (Phi) is 5.28. The third-order valence-corrected chi connectivity index (χ3v) is 18.3. The van der Waals surface area contributed by atoms with Crippen molar-refractivity contribution in [3.05, 3.63) is 60.7 Å². The average Bonchev–Trinajstić information content (AvgIpc) is 3.53. The van der Waals surface area contributed by atoms with Crippen molar-refractivity contribution in [1.82, 2.24) is 29.1 Å². The van der Waals surface area contributed by atoms with E-state index < -0.39 is 22.9 Å². The van der Waals surface area contributed by atoms with Crippen LogP contribution in [-0.2, 0) is 0 Å². The van der Waals surface area contributed by atoms with Crippen LogP contribution in [0.1, 0.15) is 0 Å². The first kappa shape index (κ1) is 22.2. The minimum atomic E-state index is -2.49. The van der Waals surface area contributed by atoms with Gasteiger partial charge in [-0.3, -0.25) is 0 Å². The number of rotatable bonds is 2. The van der Waals surface area contributed by atoms with Crippen LogP contribution in [0.2, 0.25) is 0 Å². The highest BCUT2D eigenvalue weighted by Crippen LogP contribution is 2.84. The van der Waals surface area contributed by atoms with Gasteiger partial charge in [0.05, 0.1) is 24.5 Å². The fourth-order valence-electron chi connectivity index (χ4n) is 5.02. The molecular formula is C20H32N10P3+. The molecule has 3 spiro atoms. The maximum atomic E-state index is 5.68. The Morgan fingerprint density at radius 1 is 0.727 bits per heavy atom. The monoisotopic (exact) mass is 505 g/mol. The van der Waals surface area contributed by atoms with E-state index in [0.717, 1.165) is 37.6 Å². The molecule has 0 aromatic heterocycles. The highest BCUT2D eigenvalue weighted by molar-refractivity contribution is 7.85. The zero-order chi connectivity index (χ0) is 22.8. The van der Waals surface area contributed by atoms with Gasteiger partial charge >= 0.3 is 7.87 Å². The molecule has 6 rings (SSSR count). The first-order valence-electron chi connectivity index (χ1n) is 11.2. The molecule has 4 heterocycles. The van der Waals surface area contributed by atoms with Gasteiger partial charge in [-0.25, -0.2) is 14.1 Å².